The molecule has 0 aliphatic carbocycles. The summed E-state index contributed by atoms with van der Waals surface area (Å²) in [6.45, 7) is 5.29. The van der Waals surface area contributed by atoms with Crippen molar-refractivity contribution in [1.82, 2.24) is 14.8 Å². The normalized spacial score (nSPS) is 11.2. The molecule has 0 N–H and O–H groups in total. The van der Waals surface area contributed by atoms with Gasteiger partial charge in [0.05, 0.1) is 5.39 Å². The Morgan fingerprint density at radius 2 is 1.88 bits per heavy atom. The molecule has 5 nitrogen and oxygen atoms in total. The van der Waals surface area contributed by atoms with Crippen LogP contribution in [0.2, 0.25) is 0 Å². The van der Waals surface area contributed by atoms with Crippen LogP contribution in [0.4, 0.5) is 5.82 Å². The van der Waals surface area contributed by atoms with Gasteiger partial charge < -0.3 is 4.90 Å². The third kappa shape index (κ3) is 3.71. The lowest BCUT2D eigenvalue weighted by molar-refractivity contribution is 0.0989. The zero-order chi connectivity index (χ0) is 18.0. The van der Waals surface area contributed by atoms with E-state index in [0.29, 0.717) is 18.0 Å². The van der Waals surface area contributed by atoms with E-state index in [0.717, 1.165) is 29.0 Å². The third-order valence-electron chi connectivity index (χ3n) is 4.17. The van der Waals surface area contributed by atoms with Crippen LogP contribution in [0.15, 0.2) is 42.5 Å². The van der Waals surface area contributed by atoms with Gasteiger partial charge in [0, 0.05) is 27.1 Å². The van der Waals surface area contributed by atoms with Crippen molar-refractivity contribution in [2.75, 3.05) is 18.5 Å². The highest BCUT2D eigenvalue weighted by molar-refractivity contribution is 6.06. The van der Waals surface area contributed by atoms with Crippen LogP contribution in [-0.4, -0.2) is 34.1 Å². The topological polar surface area (TPSA) is 51.0 Å². The first-order valence-corrected chi connectivity index (χ1v) is 8.57. The number of fused-ring (bicyclic) bond motifs is 1. The van der Waals surface area contributed by atoms with Gasteiger partial charge in [0.1, 0.15) is 11.5 Å². The summed E-state index contributed by atoms with van der Waals surface area (Å²) in [5.74, 6) is 1.46. The third-order valence-corrected chi connectivity index (χ3v) is 4.17. The van der Waals surface area contributed by atoms with Crippen molar-refractivity contribution in [2.24, 2.45) is 13.0 Å². The van der Waals surface area contributed by atoms with Gasteiger partial charge in [0.15, 0.2) is 11.4 Å². The number of ketones is 1. The van der Waals surface area contributed by atoms with Gasteiger partial charge in [-0.3, -0.25) is 4.79 Å². The zero-order valence-corrected chi connectivity index (χ0v) is 15.2. The number of benzene rings is 1. The number of carbonyl (C=O) groups is 1. The smallest absolute Gasteiger partial charge is 0.188 e. The molecule has 2 aromatic heterocycles. The van der Waals surface area contributed by atoms with Crippen LogP contribution < -0.4 is 4.90 Å². The summed E-state index contributed by atoms with van der Waals surface area (Å²) < 4.78 is 1.69. The van der Waals surface area contributed by atoms with E-state index < -0.39 is 0 Å². The summed E-state index contributed by atoms with van der Waals surface area (Å²) in [6.07, 6.45) is 0.349. The maximum Gasteiger partial charge on any atom is 0.188 e. The average molecular weight is 336 g/mol. The number of anilines is 1. The summed E-state index contributed by atoms with van der Waals surface area (Å²) in [6, 6.07) is 13.7. The number of aryl methyl sites for hydroxylation is 1. The van der Waals surface area contributed by atoms with Gasteiger partial charge in [0.25, 0.3) is 0 Å². The molecule has 0 saturated carbocycles. The molecule has 3 rings (SSSR count). The average Bonchev–Trinajstić information content (AvgIpc) is 2.92. The number of hydrogen-bond donors (Lipinski definition) is 0. The summed E-state index contributed by atoms with van der Waals surface area (Å²) in [5.41, 5.74) is 2.23. The van der Waals surface area contributed by atoms with Crippen molar-refractivity contribution in [2.45, 2.75) is 20.3 Å². The number of rotatable bonds is 6. The van der Waals surface area contributed by atoms with E-state index in [1.165, 1.54) is 0 Å². The van der Waals surface area contributed by atoms with Crippen molar-refractivity contribution in [3.63, 3.8) is 0 Å². The van der Waals surface area contributed by atoms with Crippen LogP contribution in [0.1, 0.15) is 29.9 Å². The maximum atomic E-state index is 12.7. The molecule has 0 aliphatic heterocycles. The summed E-state index contributed by atoms with van der Waals surface area (Å²) in [7, 11) is 3.87. The molecule has 5 heteroatoms. The van der Waals surface area contributed by atoms with Gasteiger partial charge in [-0.25, -0.2) is 9.67 Å². The molecule has 25 heavy (non-hydrogen) atoms. The second-order valence-electron chi connectivity index (χ2n) is 6.87. The molecule has 0 atom stereocenters. The van der Waals surface area contributed by atoms with E-state index in [2.05, 4.69) is 23.8 Å². The van der Waals surface area contributed by atoms with Crippen LogP contribution >= 0.6 is 0 Å². The highest BCUT2D eigenvalue weighted by Crippen LogP contribution is 2.22. The Labute approximate surface area is 148 Å². The van der Waals surface area contributed by atoms with Gasteiger partial charge in [-0.1, -0.05) is 44.2 Å². The number of pyridine rings is 1. The maximum absolute atomic E-state index is 12.7. The Morgan fingerprint density at radius 3 is 2.56 bits per heavy atom. The van der Waals surface area contributed by atoms with Gasteiger partial charge >= 0.3 is 0 Å². The van der Waals surface area contributed by atoms with Crippen molar-refractivity contribution < 1.29 is 4.79 Å². The second kappa shape index (κ2) is 7.05. The van der Waals surface area contributed by atoms with Gasteiger partial charge in [-0.05, 0) is 23.6 Å². The molecule has 0 saturated heterocycles. The quantitative estimate of drug-likeness (QED) is 0.647. The molecule has 130 valence electrons. The Morgan fingerprint density at radius 1 is 1.16 bits per heavy atom. The van der Waals surface area contributed by atoms with E-state index in [9.17, 15) is 4.79 Å². The van der Waals surface area contributed by atoms with E-state index in [-0.39, 0.29) is 5.78 Å². The highest BCUT2D eigenvalue weighted by Gasteiger charge is 2.18. The van der Waals surface area contributed by atoms with Crippen LogP contribution in [-0.2, 0) is 13.5 Å². The van der Waals surface area contributed by atoms with E-state index in [1.54, 1.807) is 4.68 Å². The van der Waals surface area contributed by atoms with Gasteiger partial charge in [-0.2, -0.15) is 5.10 Å². The van der Waals surface area contributed by atoms with Crippen molar-refractivity contribution >= 4 is 22.6 Å². The highest BCUT2D eigenvalue weighted by atomic mass is 16.1. The lowest BCUT2D eigenvalue weighted by atomic mass is 10.1. The fourth-order valence-electron chi connectivity index (χ4n) is 3.05. The number of aromatic nitrogens is 3. The van der Waals surface area contributed by atoms with Crippen LogP contribution in [0.5, 0.6) is 0 Å². The summed E-state index contributed by atoms with van der Waals surface area (Å²) >= 11 is 0. The van der Waals surface area contributed by atoms with E-state index in [1.807, 2.05) is 56.6 Å². The SMILES string of the molecule is CC(C)CN(C)c1ccc2c(C(=O)Cc3ccccc3)nn(C)c2n1. The minimum absolute atomic E-state index is 0.0156. The molecule has 3 aromatic rings. The molecule has 2 heterocycles. The number of hydrogen-bond acceptors (Lipinski definition) is 4. The summed E-state index contributed by atoms with van der Waals surface area (Å²) in [5, 5.41) is 5.24. The molecule has 1 aromatic carbocycles. The number of nitrogens with zero attached hydrogens (tertiary/aromatic N) is 4. The van der Waals surface area contributed by atoms with Crippen molar-refractivity contribution in [3.8, 4) is 0 Å². The molecule has 0 aliphatic rings. The van der Waals surface area contributed by atoms with E-state index >= 15 is 0 Å². The molecule has 0 amide bonds. The molecule has 0 unspecified atom stereocenters. The largest absolute Gasteiger partial charge is 0.359 e. The van der Waals surface area contributed by atoms with Gasteiger partial charge in [-0.15, -0.1) is 0 Å². The Kier molecular flexibility index (Phi) is 4.83. The molecule has 0 bridgehead atoms. The summed E-state index contributed by atoms with van der Waals surface area (Å²) in [4.78, 5) is 19.5. The lowest BCUT2D eigenvalue weighted by Gasteiger charge is -2.20. The predicted molar refractivity (Wildman–Crippen MR) is 101 cm³/mol. The van der Waals surface area contributed by atoms with Crippen molar-refractivity contribution in [1.29, 1.82) is 0 Å². The van der Waals surface area contributed by atoms with E-state index in [4.69, 9.17) is 4.98 Å². The van der Waals surface area contributed by atoms with Crippen molar-refractivity contribution in [3.05, 3.63) is 53.7 Å². The van der Waals surface area contributed by atoms with Crippen LogP contribution in [0, 0.1) is 5.92 Å². The predicted octanol–water partition coefficient (Wildman–Crippen LogP) is 3.49. The second-order valence-corrected chi connectivity index (χ2v) is 6.87. The molecule has 0 spiro atoms. The molecular weight excluding hydrogens is 312 g/mol. The van der Waals surface area contributed by atoms with Gasteiger partial charge in [0.2, 0.25) is 0 Å². The minimum atomic E-state index is 0.0156. The molecular formula is C20H24N4O. The number of carbonyl (C=O) groups excluding carboxylic acids is 1. The first-order valence-electron chi connectivity index (χ1n) is 8.57. The van der Waals surface area contributed by atoms with Crippen LogP contribution in [0.25, 0.3) is 11.0 Å². The molecule has 0 fully saturated rings. The minimum Gasteiger partial charge on any atom is -0.359 e. The molecule has 0 radical (unpaired) electrons. The first-order chi connectivity index (χ1) is 12.0. The standard InChI is InChI=1S/C20H24N4O/c1-14(2)13-23(3)18-11-10-16-19(22-24(4)20(16)21-18)17(25)12-15-8-6-5-7-9-15/h5-11,14H,12-13H2,1-4H3. The monoisotopic (exact) mass is 336 g/mol. The Balaban J connectivity index is 1.91. The first kappa shape index (κ1) is 17.1. The zero-order valence-electron chi connectivity index (χ0n) is 15.2. The number of Topliss-reactive ketones (excluding diaryl/α,β-unsaturated/α-hetero) is 1. The fraction of sp³-hybridized carbons (Fsp3) is 0.350. The Bertz CT molecular complexity index is 883. The fourth-order valence-corrected chi connectivity index (χ4v) is 3.05. The van der Waals surface area contributed by atoms with Crippen LogP contribution in [0.3, 0.4) is 0 Å². The Hall–Kier alpha value is -2.69. The lowest BCUT2D eigenvalue weighted by Crippen LogP contribution is -2.23.